The Bertz CT molecular complexity index is 568. The average Bonchev–Trinajstić information content (AvgIpc) is 2.85. The third-order valence-electron chi connectivity index (χ3n) is 3.22. The molecular weight excluding hydrogens is 257 g/mol. The van der Waals surface area contributed by atoms with Crippen molar-refractivity contribution in [3.63, 3.8) is 0 Å². The van der Waals surface area contributed by atoms with Crippen molar-refractivity contribution in [1.82, 2.24) is 15.1 Å². The van der Waals surface area contributed by atoms with Gasteiger partial charge in [0.1, 0.15) is 11.5 Å². The van der Waals surface area contributed by atoms with Crippen LogP contribution >= 0.6 is 0 Å². The first-order valence-corrected chi connectivity index (χ1v) is 6.77. The van der Waals surface area contributed by atoms with E-state index in [0.29, 0.717) is 18.7 Å². The smallest absolute Gasteiger partial charge is 0.149 e. The van der Waals surface area contributed by atoms with E-state index in [9.17, 15) is 4.39 Å². The highest BCUT2D eigenvalue weighted by Crippen LogP contribution is 2.19. The molecule has 0 aliphatic carbocycles. The molecule has 1 atom stereocenters. The van der Waals surface area contributed by atoms with Crippen molar-refractivity contribution in [1.29, 1.82) is 0 Å². The van der Waals surface area contributed by atoms with Crippen LogP contribution in [0.15, 0.2) is 30.6 Å². The summed E-state index contributed by atoms with van der Waals surface area (Å²) in [7, 11) is 0. The minimum absolute atomic E-state index is 0.0458. The number of nitrogens with zero attached hydrogens (tertiary/aromatic N) is 2. The first kappa shape index (κ1) is 14.7. The molecule has 0 aliphatic heterocycles. The molecule has 0 aliphatic rings. The monoisotopic (exact) mass is 277 g/mol. The molecule has 0 saturated heterocycles. The van der Waals surface area contributed by atoms with E-state index >= 15 is 0 Å². The maximum atomic E-state index is 14.2. The van der Waals surface area contributed by atoms with Gasteiger partial charge in [0.2, 0.25) is 0 Å². The molecule has 0 radical (unpaired) electrons. The van der Waals surface area contributed by atoms with E-state index in [4.69, 9.17) is 5.11 Å². The predicted molar refractivity (Wildman–Crippen MR) is 76.4 cm³/mol. The van der Waals surface area contributed by atoms with Crippen molar-refractivity contribution < 1.29 is 9.50 Å². The summed E-state index contributed by atoms with van der Waals surface area (Å²) in [4.78, 5) is 0. The van der Waals surface area contributed by atoms with E-state index in [1.807, 2.05) is 19.9 Å². The van der Waals surface area contributed by atoms with Crippen LogP contribution in [0.25, 0.3) is 5.69 Å². The van der Waals surface area contributed by atoms with Crippen LogP contribution in [0.3, 0.4) is 0 Å². The molecule has 20 heavy (non-hydrogen) atoms. The van der Waals surface area contributed by atoms with Gasteiger partial charge in [0.05, 0.1) is 6.20 Å². The highest BCUT2D eigenvalue weighted by atomic mass is 19.1. The Morgan fingerprint density at radius 2 is 2.25 bits per heavy atom. The zero-order chi connectivity index (χ0) is 14.5. The Kier molecular flexibility index (Phi) is 4.87. The molecule has 0 bridgehead atoms. The molecule has 0 saturated carbocycles. The molecule has 0 amide bonds. The van der Waals surface area contributed by atoms with Gasteiger partial charge in [-0.2, -0.15) is 5.10 Å². The summed E-state index contributed by atoms with van der Waals surface area (Å²) in [5, 5.41) is 16.1. The molecule has 5 heteroatoms. The molecule has 1 unspecified atom stereocenters. The molecule has 2 aromatic rings. The summed E-state index contributed by atoms with van der Waals surface area (Å²) in [6.07, 6.45) is 4.19. The van der Waals surface area contributed by atoms with Gasteiger partial charge < -0.3 is 10.4 Å². The largest absolute Gasteiger partial charge is 0.396 e. The number of hydrogen-bond acceptors (Lipinski definition) is 3. The lowest BCUT2D eigenvalue weighted by atomic mass is 10.1. The van der Waals surface area contributed by atoms with E-state index in [1.54, 1.807) is 18.5 Å². The van der Waals surface area contributed by atoms with E-state index < -0.39 is 0 Å². The molecule has 108 valence electrons. The summed E-state index contributed by atoms with van der Waals surface area (Å²) < 4.78 is 15.7. The third kappa shape index (κ3) is 3.43. The molecule has 2 rings (SSSR count). The fourth-order valence-corrected chi connectivity index (χ4v) is 2.04. The molecular formula is C15H20FN3O. The molecule has 0 fully saturated rings. The summed E-state index contributed by atoms with van der Waals surface area (Å²) in [6, 6.07) is 5.21. The molecule has 4 nitrogen and oxygen atoms in total. The topological polar surface area (TPSA) is 50.1 Å². The number of aryl methyl sites for hydroxylation is 1. The highest BCUT2D eigenvalue weighted by molar-refractivity contribution is 5.37. The van der Waals surface area contributed by atoms with Gasteiger partial charge in [0, 0.05) is 18.8 Å². The summed E-state index contributed by atoms with van der Waals surface area (Å²) in [6.45, 7) is 4.76. The van der Waals surface area contributed by atoms with Gasteiger partial charge >= 0.3 is 0 Å². The SMILES string of the molecule is Cc1cnn(-c2ccc(C(C)NCCCO)cc2F)c1. The fraction of sp³-hybridized carbons (Fsp3) is 0.400. The summed E-state index contributed by atoms with van der Waals surface area (Å²) >= 11 is 0. The number of aromatic nitrogens is 2. The summed E-state index contributed by atoms with van der Waals surface area (Å²) in [5.74, 6) is -0.290. The number of rotatable bonds is 6. The van der Waals surface area contributed by atoms with Gasteiger partial charge in [0.15, 0.2) is 0 Å². The second kappa shape index (κ2) is 6.63. The number of hydrogen-bond donors (Lipinski definition) is 2. The van der Waals surface area contributed by atoms with Crippen LogP contribution in [-0.2, 0) is 0 Å². The van der Waals surface area contributed by atoms with Crippen LogP contribution in [0.1, 0.15) is 30.5 Å². The zero-order valence-corrected chi connectivity index (χ0v) is 11.8. The lowest BCUT2D eigenvalue weighted by molar-refractivity contribution is 0.284. The molecule has 1 heterocycles. The van der Waals surface area contributed by atoms with E-state index in [0.717, 1.165) is 11.1 Å². The van der Waals surface area contributed by atoms with Crippen molar-refractivity contribution in [3.8, 4) is 5.69 Å². The van der Waals surface area contributed by atoms with Crippen molar-refractivity contribution in [2.45, 2.75) is 26.3 Å². The lowest BCUT2D eigenvalue weighted by Crippen LogP contribution is -2.20. The van der Waals surface area contributed by atoms with Gasteiger partial charge in [0.25, 0.3) is 0 Å². The van der Waals surface area contributed by atoms with Crippen LogP contribution in [0.2, 0.25) is 0 Å². The van der Waals surface area contributed by atoms with Gasteiger partial charge in [-0.1, -0.05) is 6.07 Å². The minimum atomic E-state index is -0.290. The maximum absolute atomic E-state index is 14.2. The Hall–Kier alpha value is -1.72. The summed E-state index contributed by atoms with van der Waals surface area (Å²) in [5.41, 5.74) is 2.32. The van der Waals surface area contributed by atoms with Crippen LogP contribution in [0.4, 0.5) is 4.39 Å². The number of aliphatic hydroxyl groups is 1. The Morgan fingerprint density at radius 1 is 1.45 bits per heavy atom. The van der Waals surface area contributed by atoms with Crippen LogP contribution in [0, 0.1) is 12.7 Å². The van der Waals surface area contributed by atoms with Crippen molar-refractivity contribution in [3.05, 3.63) is 47.5 Å². The normalized spacial score (nSPS) is 12.6. The van der Waals surface area contributed by atoms with E-state index in [1.165, 1.54) is 10.7 Å². The van der Waals surface area contributed by atoms with E-state index in [-0.39, 0.29) is 18.5 Å². The number of benzene rings is 1. The number of aliphatic hydroxyl groups excluding tert-OH is 1. The van der Waals surface area contributed by atoms with Crippen molar-refractivity contribution >= 4 is 0 Å². The van der Waals surface area contributed by atoms with Crippen LogP contribution in [-0.4, -0.2) is 28.0 Å². The maximum Gasteiger partial charge on any atom is 0.149 e. The van der Waals surface area contributed by atoms with Gasteiger partial charge in [-0.25, -0.2) is 9.07 Å². The molecule has 2 N–H and O–H groups in total. The Labute approximate surface area is 118 Å². The predicted octanol–water partition coefficient (Wildman–Crippen LogP) is 2.35. The standard InChI is InChI=1S/C15H20FN3O/c1-11-9-18-19(10-11)15-5-4-13(8-14(15)16)12(2)17-6-3-7-20/h4-5,8-10,12,17,20H,3,6-7H2,1-2H3. The minimum Gasteiger partial charge on any atom is -0.396 e. The Balaban J connectivity index is 2.13. The van der Waals surface area contributed by atoms with Crippen molar-refractivity contribution in [2.75, 3.05) is 13.2 Å². The third-order valence-corrected chi connectivity index (χ3v) is 3.22. The van der Waals surface area contributed by atoms with Gasteiger partial charge in [-0.15, -0.1) is 0 Å². The highest BCUT2D eigenvalue weighted by Gasteiger charge is 2.10. The lowest BCUT2D eigenvalue weighted by Gasteiger charge is -2.15. The quantitative estimate of drug-likeness (QED) is 0.797. The number of nitrogens with one attached hydrogen (secondary N) is 1. The second-order valence-electron chi connectivity index (χ2n) is 4.93. The zero-order valence-electron chi connectivity index (χ0n) is 11.8. The average molecular weight is 277 g/mol. The fourth-order valence-electron chi connectivity index (χ4n) is 2.04. The molecule has 1 aromatic carbocycles. The second-order valence-corrected chi connectivity index (χ2v) is 4.93. The molecule has 0 spiro atoms. The van der Waals surface area contributed by atoms with E-state index in [2.05, 4.69) is 10.4 Å². The van der Waals surface area contributed by atoms with Crippen molar-refractivity contribution in [2.24, 2.45) is 0 Å². The van der Waals surface area contributed by atoms with Crippen LogP contribution in [0.5, 0.6) is 0 Å². The van der Waals surface area contributed by atoms with Gasteiger partial charge in [-0.3, -0.25) is 0 Å². The van der Waals surface area contributed by atoms with Crippen LogP contribution < -0.4 is 5.32 Å². The van der Waals surface area contributed by atoms with Gasteiger partial charge in [-0.05, 0) is 50.1 Å². The first-order valence-electron chi connectivity index (χ1n) is 6.77. The first-order chi connectivity index (χ1) is 9.61. The number of halogens is 1. The Morgan fingerprint density at radius 3 is 2.85 bits per heavy atom. The molecule has 1 aromatic heterocycles.